The minimum Gasteiger partial charge on any atom is -0.481 e. The Morgan fingerprint density at radius 3 is 2.65 bits per heavy atom. The molecule has 1 aromatic rings. The van der Waals surface area contributed by atoms with Gasteiger partial charge in [0, 0.05) is 11.4 Å². The van der Waals surface area contributed by atoms with Gasteiger partial charge in [-0.1, -0.05) is 36.9 Å². The van der Waals surface area contributed by atoms with Crippen LogP contribution in [-0.4, -0.2) is 27.3 Å². The van der Waals surface area contributed by atoms with Crippen molar-refractivity contribution >= 4 is 23.6 Å². The number of hydrogen-bond acceptors (Lipinski definition) is 3. The molecule has 0 bridgehead atoms. The van der Waals surface area contributed by atoms with Crippen LogP contribution in [0.5, 0.6) is 0 Å². The quantitative estimate of drug-likeness (QED) is 0.785. The number of β-lactam (4-membered cyclic amide) rings is 1. The van der Waals surface area contributed by atoms with Gasteiger partial charge >= 0.3 is 5.97 Å². The van der Waals surface area contributed by atoms with Crippen LogP contribution in [0.25, 0.3) is 0 Å². The molecule has 4 nitrogen and oxygen atoms in total. The Hall–Kier alpha value is -1.75. The number of carbonyl (C=O) groups is 2. The van der Waals surface area contributed by atoms with E-state index in [0.29, 0.717) is 18.5 Å². The van der Waals surface area contributed by atoms with Crippen LogP contribution in [0.15, 0.2) is 42.6 Å². The number of amides is 1. The smallest absolute Gasteiger partial charge is 0.303 e. The van der Waals surface area contributed by atoms with E-state index in [4.69, 9.17) is 5.11 Å². The Kier molecular flexibility index (Phi) is 4.84. The summed E-state index contributed by atoms with van der Waals surface area (Å²) in [7, 11) is 0. The summed E-state index contributed by atoms with van der Waals surface area (Å²) in [6.07, 6.45) is 0.839. The van der Waals surface area contributed by atoms with E-state index in [9.17, 15) is 9.59 Å². The Labute approximate surface area is 122 Å². The van der Waals surface area contributed by atoms with Crippen molar-refractivity contribution < 1.29 is 14.7 Å². The van der Waals surface area contributed by atoms with E-state index >= 15 is 0 Å². The zero-order valence-electron chi connectivity index (χ0n) is 11.1. The average molecular weight is 291 g/mol. The Bertz CT molecular complexity index is 515. The zero-order valence-corrected chi connectivity index (χ0v) is 11.9. The summed E-state index contributed by atoms with van der Waals surface area (Å²) in [4.78, 5) is 23.8. The highest BCUT2D eigenvalue weighted by Gasteiger charge is 2.37. The number of carbonyl (C=O) groups excluding carboxylic acids is 1. The second-order valence-electron chi connectivity index (χ2n) is 4.68. The fourth-order valence-electron chi connectivity index (χ4n) is 2.04. The standard InChI is InChI=1S/C15H17NO3S/c1-11(7-8-15(18)19)16-13(17)9-14(16)20-10-12-5-3-2-4-6-12/h2-6,14H,1,7-10H2,(H,18,19). The number of allylic oxidation sites excluding steroid dienone is 1. The number of benzene rings is 1. The van der Waals surface area contributed by atoms with Crippen LogP contribution in [-0.2, 0) is 15.3 Å². The van der Waals surface area contributed by atoms with Crippen LogP contribution in [0.4, 0.5) is 0 Å². The van der Waals surface area contributed by atoms with E-state index in [-0.39, 0.29) is 17.7 Å². The lowest BCUT2D eigenvalue weighted by Gasteiger charge is -2.41. The van der Waals surface area contributed by atoms with Gasteiger partial charge in [0.05, 0.1) is 18.2 Å². The van der Waals surface area contributed by atoms with Gasteiger partial charge in [-0.25, -0.2) is 0 Å². The minimum atomic E-state index is -0.868. The monoisotopic (exact) mass is 291 g/mol. The van der Waals surface area contributed by atoms with Crippen LogP contribution in [0.2, 0.25) is 0 Å². The molecule has 1 saturated heterocycles. The van der Waals surface area contributed by atoms with Crippen LogP contribution in [0.3, 0.4) is 0 Å². The topological polar surface area (TPSA) is 57.6 Å². The lowest BCUT2D eigenvalue weighted by atomic mass is 10.1. The summed E-state index contributed by atoms with van der Waals surface area (Å²) >= 11 is 1.69. The van der Waals surface area contributed by atoms with Crippen LogP contribution in [0, 0.1) is 0 Å². The molecule has 0 spiro atoms. The number of hydrogen-bond donors (Lipinski definition) is 1. The lowest BCUT2D eigenvalue weighted by Crippen LogP contribution is -2.49. The normalized spacial score (nSPS) is 17.7. The van der Waals surface area contributed by atoms with Gasteiger partial charge in [-0.2, -0.15) is 0 Å². The molecule has 5 heteroatoms. The zero-order chi connectivity index (χ0) is 14.5. The minimum absolute atomic E-state index is 0.0126. The van der Waals surface area contributed by atoms with Crippen molar-refractivity contribution in [3.05, 3.63) is 48.2 Å². The van der Waals surface area contributed by atoms with Crippen LogP contribution in [0.1, 0.15) is 24.8 Å². The number of aliphatic carboxylic acids is 1. The highest BCUT2D eigenvalue weighted by atomic mass is 32.2. The SMILES string of the molecule is C=C(CCC(=O)O)N1C(=O)CC1SCc1ccccc1. The van der Waals surface area contributed by atoms with Gasteiger partial charge in [0.2, 0.25) is 5.91 Å². The molecule has 1 unspecified atom stereocenters. The highest BCUT2D eigenvalue weighted by molar-refractivity contribution is 7.99. The third kappa shape index (κ3) is 3.63. The molecule has 1 heterocycles. The lowest BCUT2D eigenvalue weighted by molar-refractivity contribution is -0.140. The first-order chi connectivity index (χ1) is 9.58. The van der Waals surface area contributed by atoms with Gasteiger partial charge in [0.25, 0.3) is 0 Å². The van der Waals surface area contributed by atoms with E-state index in [1.54, 1.807) is 16.7 Å². The number of thioether (sulfide) groups is 1. The molecule has 1 atom stereocenters. The molecule has 0 saturated carbocycles. The molecule has 20 heavy (non-hydrogen) atoms. The molecule has 0 aromatic heterocycles. The van der Waals surface area contributed by atoms with Crippen LogP contribution >= 0.6 is 11.8 Å². The largest absolute Gasteiger partial charge is 0.481 e. The van der Waals surface area contributed by atoms with Gasteiger partial charge in [0.15, 0.2) is 0 Å². The third-order valence-corrected chi connectivity index (χ3v) is 4.42. The second kappa shape index (κ2) is 6.61. The van der Waals surface area contributed by atoms with E-state index in [1.807, 2.05) is 18.2 Å². The number of carboxylic acid groups (broad SMARTS) is 1. The van der Waals surface area contributed by atoms with E-state index in [1.165, 1.54) is 5.56 Å². The van der Waals surface area contributed by atoms with Gasteiger partial charge in [-0.05, 0) is 12.0 Å². The first-order valence-electron chi connectivity index (χ1n) is 6.45. The fraction of sp³-hybridized carbons (Fsp3) is 0.333. The number of nitrogens with zero attached hydrogens (tertiary/aromatic N) is 1. The van der Waals surface area contributed by atoms with Crippen LogP contribution < -0.4 is 0 Å². The highest BCUT2D eigenvalue weighted by Crippen LogP contribution is 2.35. The predicted octanol–water partition coefficient (Wildman–Crippen LogP) is 2.86. The first-order valence-corrected chi connectivity index (χ1v) is 7.50. The summed E-state index contributed by atoms with van der Waals surface area (Å²) in [5.74, 6) is 0.000153. The summed E-state index contributed by atoms with van der Waals surface area (Å²) in [6.45, 7) is 3.83. The Morgan fingerprint density at radius 2 is 2.05 bits per heavy atom. The van der Waals surface area contributed by atoms with Crippen molar-refractivity contribution in [2.24, 2.45) is 0 Å². The Morgan fingerprint density at radius 1 is 1.35 bits per heavy atom. The number of carboxylic acids is 1. The molecule has 1 fully saturated rings. The molecule has 1 aliphatic rings. The molecule has 0 aliphatic carbocycles. The fourth-order valence-corrected chi connectivity index (χ4v) is 3.29. The van der Waals surface area contributed by atoms with Crippen molar-refractivity contribution in [3.8, 4) is 0 Å². The maximum atomic E-state index is 11.6. The van der Waals surface area contributed by atoms with Gasteiger partial charge in [-0.15, -0.1) is 11.8 Å². The molecule has 1 aromatic carbocycles. The van der Waals surface area contributed by atoms with Crippen molar-refractivity contribution in [1.29, 1.82) is 0 Å². The maximum absolute atomic E-state index is 11.6. The molecule has 1 aliphatic heterocycles. The van der Waals surface area contributed by atoms with Gasteiger partial charge in [0.1, 0.15) is 0 Å². The summed E-state index contributed by atoms with van der Waals surface area (Å²) in [5, 5.41) is 8.76. The maximum Gasteiger partial charge on any atom is 0.303 e. The molecule has 2 rings (SSSR count). The molecule has 0 radical (unpaired) electrons. The second-order valence-corrected chi connectivity index (χ2v) is 5.85. The molecule has 106 valence electrons. The number of rotatable bonds is 7. The predicted molar refractivity (Wildman–Crippen MR) is 79.0 cm³/mol. The molecular formula is C15H17NO3S. The molecule has 1 amide bonds. The van der Waals surface area contributed by atoms with E-state index in [2.05, 4.69) is 18.7 Å². The van der Waals surface area contributed by atoms with Crippen molar-refractivity contribution in [1.82, 2.24) is 4.90 Å². The van der Waals surface area contributed by atoms with Crippen molar-refractivity contribution in [2.45, 2.75) is 30.4 Å². The summed E-state index contributed by atoms with van der Waals surface area (Å²) < 4.78 is 0. The third-order valence-electron chi connectivity index (χ3n) is 3.16. The number of likely N-dealkylation sites (tertiary alicyclic amines) is 1. The summed E-state index contributed by atoms with van der Waals surface area (Å²) in [5.41, 5.74) is 1.82. The van der Waals surface area contributed by atoms with Crippen molar-refractivity contribution in [2.75, 3.05) is 0 Å². The first kappa shape index (κ1) is 14.7. The summed E-state index contributed by atoms with van der Waals surface area (Å²) in [6, 6.07) is 10.1. The van der Waals surface area contributed by atoms with Gasteiger partial charge < -0.3 is 10.0 Å². The van der Waals surface area contributed by atoms with E-state index < -0.39 is 5.97 Å². The molecular weight excluding hydrogens is 274 g/mol. The average Bonchev–Trinajstić information content (AvgIpc) is 2.42. The van der Waals surface area contributed by atoms with E-state index in [0.717, 1.165) is 5.75 Å². The van der Waals surface area contributed by atoms with Crippen molar-refractivity contribution in [3.63, 3.8) is 0 Å². The molecule has 1 N–H and O–H groups in total. The van der Waals surface area contributed by atoms with Gasteiger partial charge in [-0.3, -0.25) is 9.59 Å². The Balaban J connectivity index is 1.84.